The summed E-state index contributed by atoms with van der Waals surface area (Å²) < 4.78 is 0. The summed E-state index contributed by atoms with van der Waals surface area (Å²) >= 11 is 0. The number of nitrogens with zero attached hydrogens (tertiary/aromatic N) is 2. The van der Waals surface area contributed by atoms with Gasteiger partial charge in [0.15, 0.2) is 0 Å². The molecule has 0 radical (unpaired) electrons. The van der Waals surface area contributed by atoms with Gasteiger partial charge in [-0.05, 0) is 31.7 Å². The molecule has 1 saturated carbocycles. The smallest absolute Gasteiger partial charge is 0.0244 e. The van der Waals surface area contributed by atoms with E-state index in [4.69, 9.17) is 0 Å². The van der Waals surface area contributed by atoms with Crippen molar-refractivity contribution in [3.8, 4) is 0 Å². The number of rotatable bonds is 7. The Kier molecular flexibility index (Phi) is 5.46. The lowest BCUT2D eigenvalue weighted by Crippen LogP contribution is -2.54. The minimum Gasteiger partial charge on any atom is -0.312 e. The van der Waals surface area contributed by atoms with Crippen LogP contribution in [0.1, 0.15) is 40.0 Å². The average molecular weight is 253 g/mol. The zero-order chi connectivity index (χ0) is 13.0. The summed E-state index contributed by atoms with van der Waals surface area (Å²) in [5.74, 6) is 0.758. The Bertz CT molecular complexity index is 230. The van der Waals surface area contributed by atoms with Crippen LogP contribution >= 0.6 is 0 Å². The van der Waals surface area contributed by atoms with E-state index in [0.717, 1.165) is 18.0 Å². The Balaban J connectivity index is 1.75. The number of piperazine rings is 1. The molecule has 106 valence electrons. The van der Waals surface area contributed by atoms with Crippen LogP contribution in [0.15, 0.2) is 0 Å². The molecule has 3 heteroatoms. The molecule has 1 N–H and O–H groups in total. The first-order valence-electron chi connectivity index (χ1n) is 7.90. The van der Waals surface area contributed by atoms with Crippen molar-refractivity contribution < 1.29 is 0 Å². The van der Waals surface area contributed by atoms with Gasteiger partial charge in [-0.15, -0.1) is 0 Å². The second-order valence-electron chi connectivity index (χ2n) is 6.37. The zero-order valence-corrected chi connectivity index (χ0v) is 12.5. The highest BCUT2D eigenvalue weighted by Crippen LogP contribution is 2.20. The fraction of sp³-hybridized carbons (Fsp3) is 1.00. The van der Waals surface area contributed by atoms with E-state index in [0.29, 0.717) is 0 Å². The summed E-state index contributed by atoms with van der Waals surface area (Å²) in [6.07, 6.45) is 4.08. The monoisotopic (exact) mass is 253 g/mol. The molecule has 1 aliphatic heterocycles. The largest absolute Gasteiger partial charge is 0.312 e. The summed E-state index contributed by atoms with van der Waals surface area (Å²) in [7, 11) is 0. The van der Waals surface area contributed by atoms with Crippen LogP contribution in [0.2, 0.25) is 0 Å². The summed E-state index contributed by atoms with van der Waals surface area (Å²) in [5, 5.41) is 3.72. The number of hydrogen-bond donors (Lipinski definition) is 1. The van der Waals surface area contributed by atoms with Crippen LogP contribution in [0, 0.1) is 5.92 Å². The summed E-state index contributed by atoms with van der Waals surface area (Å²) in [6.45, 7) is 14.5. The van der Waals surface area contributed by atoms with Gasteiger partial charge in [-0.2, -0.15) is 0 Å². The molecule has 1 unspecified atom stereocenters. The predicted molar refractivity (Wildman–Crippen MR) is 78.0 cm³/mol. The Morgan fingerprint density at radius 3 is 2.28 bits per heavy atom. The Labute approximate surface area is 113 Å². The van der Waals surface area contributed by atoms with Gasteiger partial charge >= 0.3 is 0 Å². The summed E-state index contributed by atoms with van der Waals surface area (Å²) in [6, 6.07) is 1.57. The fourth-order valence-corrected chi connectivity index (χ4v) is 3.00. The molecule has 1 atom stereocenters. The molecule has 2 aliphatic rings. The zero-order valence-electron chi connectivity index (χ0n) is 12.5. The van der Waals surface area contributed by atoms with Gasteiger partial charge in [-0.1, -0.05) is 20.8 Å². The molecule has 2 rings (SSSR count). The Hall–Kier alpha value is -0.120. The number of hydrogen-bond acceptors (Lipinski definition) is 3. The normalized spacial score (nSPS) is 24.7. The molecule has 1 heterocycles. The molecule has 0 spiro atoms. The van der Waals surface area contributed by atoms with Crippen molar-refractivity contribution in [1.82, 2.24) is 15.1 Å². The molecule has 3 nitrogen and oxygen atoms in total. The number of nitrogens with one attached hydrogen (secondary N) is 1. The lowest BCUT2D eigenvalue weighted by atomic mass is 10.0. The van der Waals surface area contributed by atoms with Crippen molar-refractivity contribution in [2.45, 2.75) is 52.1 Å². The minimum atomic E-state index is 0.731. The maximum atomic E-state index is 3.72. The topological polar surface area (TPSA) is 18.5 Å². The van der Waals surface area contributed by atoms with E-state index >= 15 is 0 Å². The van der Waals surface area contributed by atoms with Crippen molar-refractivity contribution in [3.63, 3.8) is 0 Å². The molecule has 0 aromatic heterocycles. The molecule has 2 fully saturated rings. The van der Waals surface area contributed by atoms with Gasteiger partial charge in [0.25, 0.3) is 0 Å². The molecule has 0 amide bonds. The van der Waals surface area contributed by atoms with E-state index in [-0.39, 0.29) is 0 Å². The van der Waals surface area contributed by atoms with Gasteiger partial charge in [0.1, 0.15) is 0 Å². The van der Waals surface area contributed by atoms with Gasteiger partial charge < -0.3 is 10.2 Å². The maximum absolute atomic E-state index is 3.72. The van der Waals surface area contributed by atoms with Crippen LogP contribution in [0.5, 0.6) is 0 Å². The first-order valence-corrected chi connectivity index (χ1v) is 7.90. The predicted octanol–water partition coefficient (Wildman–Crippen LogP) is 1.79. The van der Waals surface area contributed by atoms with Crippen LogP contribution < -0.4 is 5.32 Å². The van der Waals surface area contributed by atoms with Crippen LogP contribution in [0.4, 0.5) is 0 Å². The second kappa shape index (κ2) is 6.88. The van der Waals surface area contributed by atoms with Crippen LogP contribution in [-0.2, 0) is 0 Å². The van der Waals surface area contributed by atoms with E-state index in [2.05, 4.69) is 35.9 Å². The summed E-state index contributed by atoms with van der Waals surface area (Å²) in [5.41, 5.74) is 0. The molecule has 0 aromatic carbocycles. The minimum absolute atomic E-state index is 0.731. The highest BCUT2D eigenvalue weighted by molar-refractivity contribution is 4.87. The summed E-state index contributed by atoms with van der Waals surface area (Å²) in [4.78, 5) is 5.33. The van der Waals surface area contributed by atoms with E-state index in [1.54, 1.807) is 0 Å². The second-order valence-corrected chi connectivity index (χ2v) is 6.37. The van der Waals surface area contributed by atoms with Crippen LogP contribution in [-0.4, -0.2) is 61.2 Å². The lowest BCUT2D eigenvalue weighted by molar-refractivity contribution is 0.0756. The Morgan fingerprint density at radius 1 is 1.11 bits per heavy atom. The average Bonchev–Trinajstić information content (AvgIpc) is 3.15. The molecule has 0 bridgehead atoms. The molecular weight excluding hydrogens is 222 g/mol. The molecular formula is C15H31N3. The van der Waals surface area contributed by atoms with Crippen LogP contribution in [0.25, 0.3) is 0 Å². The molecule has 1 aliphatic carbocycles. The van der Waals surface area contributed by atoms with E-state index in [1.807, 2.05) is 0 Å². The van der Waals surface area contributed by atoms with Gasteiger partial charge in [-0.3, -0.25) is 4.90 Å². The van der Waals surface area contributed by atoms with Gasteiger partial charge in [-0.25, -0.2) is 0 Å². The van der Waals surface area contributed by atoms with Crippen molar-refractivity contribution in [2.24, 2.45) is 5.92 Å². The van der Waals surface area contributed by atoms with Gasteiger partial charge in [0, 0.05) is 44.8 Å². The van der Waals surface area contributed by atoms with Crippen molar-refractivity contribution in [3.05, 3.63) is 0 Å². The third-order valence-corrected chi connectivity index (χ3v) is 4.38. The first kappa shape index (κ1) is 14.3. The SMILES string of the molecule is CCCN1CCN(C(CNC2CC2)C(C)C)CC1. The fourth-order valence-electron chi connectivity index (χ4n) is 3.00. The third-order valence-electron chi connectivity index (χ3n) is 4.38. The van der Waals surface area contributed by atoms with Crippen molar-refractivity contribution in [2.75, 3.05) is 39.3 Å². The van der Waals surface area contributed by atoms with E-state index < -0.39 is 0 Å². The van der Waals surface area contributed by atoms with Crippen molar-refractivity contribution >= 4 is 0 Å². The first-order chi connectivity index (χ1) is 8.70. The van der Waals surface area contributed by atoms with E-state index in [1.165, 1.54) is 58.5 Å². The lowest BCUT2D eigenvalue weighted by Gasteiger charge is -2.41. The third kappa shape index (κ3) is 4.22. The highest BCUT2D eigenvalue weighted by Gasteiger charge is 2.28. The molecule has 1 saturated heterocycles. The highest BCUT2D eigenvalue weighted by atomic mass is 15.3. The van der Waals surface area contributed by atoms with Gasteiger partial charge in [0.05, 0.1) is 0 Å². The van der Waals surface area contributed by atoms with Crippen molar-refractivity contribution in [1.29, 1.82) is 0 Å². The van der Waals surface area contributed by atoms with Gasteiger partial charge in [0.2, 0.25) is 0 Å². The molecule has 0 aromatic rings. The molecule has 18 heavy (non-hydrogen) atoms. The standard InChI is InChI=1S/C15H31N3/c1-4-7-17-8-10-18(11-9-17)15(13(2)3)12-16-14-5-6-14/h13-16H,4-12H2,1-3H3. The maximum Gasteiger partial charge on any atom is 0.0244 e. The Morgan fingerprint density at radius 2 is 1.78 bits per heavy atom. The van der Waals surface area contributed by atoms with Crippen LogP contribution in [0.3, 0.4) is 0 Å². The quantitative estimate of drug-likeness (QED) is 0.746. The van der Waals surface area contributed by atoms with E-state index in [9.17, 15) is 0 Å².